The van der Waals surface area contributed by atoms with Crippen molar-refractivity contribution in [1.29, 1.82) is 0 Å². The van der Waals surface area contributed by atoms with Crippen LogP contribution in [0, 0.1) is 0 Å². The molecule has 0 aliphatic carbocycles. The van der Waals surface area contributed by atoms with Crippen LogP contribution >= 0.6 is 0 Å². The number of para-hydroxylation sites is 1. The molecule has 7 nitrogen and oxygen atoms in total. The smallest absolute Gasteiger partial charge is 0.182 e. The molecule has 0 aliphatic heterocycles. The van der Waals surface area contributed by atoms with E-state index in [1.165, 1.54) is 6.33 Å². The first kappa shape index (κ1) is 13.3. The number of hydrogen-bond donors (Lipinski definition) is 3. The normalized spacial score (nSPS) is 12.3. The molecule has 1 unspecified atom stereocenters. The monoisotopic (exact) mass is 285 g/mol. The molecule has 108 valence electrons. The lowest BCUT2D eigenvalue weighted by Crippen LogP contribution is -2.14. The molecule has 3 N–H and O–H groups in total. The first-order chi connectivity index (χ1) is 10.3. The SMILES string of the molecule is COc1ccccc1C(O)CNc1ncnc2nc[nH]c12. The fraction of sp³-hybridized carbons (Fsp3) is 0.214. The number of imidazole rings is 1. The molecular weight excluding hydrogens is 270 g/mol. The minimum atomic E-state index is -0.714. The lowest BCUT2D eigenvalue weighted by Gasteiger charge is -2.15. The number of aliphatic hydroxyl groups is 1. The summed E-state index contributed by atoms with van der Waals surface area (Å²) in [7, 11) is 1.58. The highest BCUT2D eigenvalue weighted by atomic mass is 16.5. The average molecular weight is 285 g/mol. The molecule has 1 atom stereocenters. The summed E-state index contributed by atoms with van der Waals surface area (Å²) >= 11 is 0. The zero-order valence-corrected chi connectivity index (χ0v) is 11.4. The maximum absolute atomic E-state index is 10.3. The van der Waals surface area contributed by atoms with Gasteiger partial charge in [-0.1, -0.05) is 18.2 Å². The van der Waals surface area contributed by atoms with Gasteiger partial charge in [-0.3, -0.25) is 0 Å². The Morgan fingerprint density at radius 2 is 2.14 bits per heavy atom. The van der Waals surface area contributed by atoms with Crippen LogP contribution in [0.25, 0.3) is 11.2 Å². The number of nitrogens with zero attached hydrogens (tertiary/aromatic N) is 3. The van der Waals surface area contributed by atoms with Crippen molar-refractivity contribution in [2.75, 3.05) is 19.0 Å². The molecule has 1 aromatic carbocycles. The van der Waals surface area contributed by atoms with E-state index in [1.54, 1.807) is 13.4 Å². The molecule has 0 saturated carbocycles. The maximum atomic E-state index is 10.3. The average Bonchev–Trinajstić information content (AvgIpc) is 3.01. The van der Waals surface area contributed by atoms with Gasteiger partial charge in [0.25, 0.3) is 0 Å². The first-order valence-corrected chi connectivity index (χ1v) is 6.48. The predicted octanol–water partition coefficient (Wildman–Crippen LogP) is 1.51. The minimum Gasteiger partial charge on any atom is -0.496 e. The van der Waals surface area contributed by atoms with Crippen molar-refractivity contribution in [3.8, 4) is 5.75 Å². The standard InChI is InChI=1S/C14H15N5O2/c1-21-11-5-3-2-4-9(11)10(20)6-15-13-12-14(17-7-16-12)19-8-18-13/h2-5,7-8,10,20H,6H2,1H3,(H2,15,16,17,18,19). The van der Waals surface area contributed by atoms with E-state index in [4.69, 9.17) is 4.74 Å². The molecule has 21 heavy (non-hydrogen) atoms. The second kappa shape index (κ2) is 5.76. The number of aromatic nitrogens is 4. The van der Waals surface area contributed by atoms with Gasteiger partial charge in [0.1, 0.15) is 17.6 Å². The summed E-state index contributed by atoms with van der Waals surface area (Å²) in [6.07, 6.45) is 2.27. The van der Waals surface area contributed by atoms with Gasteiger partial charge in [0, 0.05) is 12.1 Å². The van der Waals surface area contributed by atoms with E-state index in [1.807, 2.05) is 24.3 Å². The van der Waals surface area contributed by atoms with Crippen molar-refractivity contribution >= 4 is 17.0 Å². The molecule has 7 heteroatoms. The topological polar surface area (TPSA) is 96.0 Å². The number of methoxy groups -OCH3 is 1. The van der Waals surface area contributed by atoms with Crippen molar-refractivity contribution in [2.24, 2.45) is 0 Å². The van der Waals surface area contributed by atoms with E-state index in [9.17, 15) is 5.11 Å². The summed E-state index contributed by atoms with van der Waals surface area (Å²) < 4.78 is 5.25. The molecule has 2 heterocycles. The second-order valence-corrected chi connectivity index (χ2v) is 4.46. The van der Waals surface area contributed by atoms with Crippen molar-refractivity contribution in [2.45, 2.75) is 6.10 Å². The first-order valence-electron chi connectivity index (χ1n) is 6.48. The molecule has 3 aromatic rings. The van der Waals surface area contributed by atoms with Crippen LogP contribution in [0.3, 0.4) is 0 Å². The van der Waals surface area contributed by atoms with Gasteiger partial charge in [-0.15, -0.1) is 0 Å². The zero-order chi connectivity index (χ0) is 14.7. The van der Waals surface area contributed by atoms with Crippen LogP contribution in [0.4, 0.5) is 5.82 Å². The Bertz CT molecular complexity index is 743. The molecule has 0 radical (unpaired) electrons. The third-order valence-electron chi connectivity index (χ3n) is 3.18. The number of aliphatic hydroxyl groups excluding tert-OH is 1. The quantitative estimate of drug-likeness (QED) is 0.657. The molecule has 0 saturated heterocycles. The number of aromatic amines is 1. The molecule has 0 aliphatic rings. The summed E-state index contributed by atoms with van der Waals surface area (Å²) in [5, 5.41) is 13.4. The molecule has 2 aromatic heterocycles. The van der Waals surface area contributed by atoms with E-state index < -0.39 is 6.10 Å². The Kier molecular flexibility index (Phi) is 3.65. The number of hydrogen-bond acceptors (Lipinski definition) is 6. The van der Waals surface area contributed by atoms with E-state index in [-0.39, 0.29) is 0 Å². The molecule has 0 bridgehead atoms. The third kappa shape index (κ3) is 2.63. The molecule has 0 amide bonds. The Balaban J connectivity index is 1.77. The zero-order valence-electron chi connectivity index (χ0n) is 11.4. The molecular formula is C14H15N5O2. The molecule has 0 fully saturated rings. The minimum absolute atomic E-state index is 0.297. The molecule has 3 rings (SSSR count). The van der Waals surface area contributed by atoms with Crippen LogP contribution in [0.2, 0.25) is 0 Å². The summed E-state index contributed by atoms with van der Waals surface area (Å²) in [5.74, 6) is 1.26. The maximum Gasteiger partial charge on any atom is 0.182 e. The lowest BCUT2D eigenvalue weighted by molar-refractivity contribution is 0.187. The Labute approximate surface area is 121 Å². The van der Waals surface area contributed by atoms with Gasteiger partial charge in [0.2, 0.25) is 0 Å². The number of rotatable bonds is 5. The molecule has 0 spiro atoms. The van der Waals surface area contributed by atoms with Gasteiger partial charge >= 0.3 is 0 Å². The summed E-state index contributed by atoms with van der Waals surface area (Å²) in [4.78, 5) is 15.2. The van der Waals surface area contributed by atoms with Gasteiger partial charge in [0.15, 0.2) is 11.5 Å². The van der Waals surface area contributed by atoms with E-state index >= 15 is 0 Å². The van der Waals surface area contributed by atoms with Gasteiger partial charge in [-0.2, -0.15) is 0 Å². The fourth-order valence-corrected chi connectivity index (χ4v) is 2.14. The van der Waals surface area contributed by atoms with Crippen LogP contribution in [-0.4, -0.2) is 38.7 Å². The van der Waals surface area contributed by atoms with Crippen molar-refractivity contribution < 1.29 is 9.84 Å². The van der Waals surface area contributed by atoms with E-state index in [0.717, 1.165) is 5.56 Å². The Morgan fingerprint density at radius 3 is 3.00 bits per heavy atom. The van der Waals surface area contributed by atoms with E-state index in [2.05, 4.69) is 25.3 Å². The summed E-state index contributed by atoms with van der Waals surface area (Å²) in [5.41, 5.74) is 2.02. The number of nitrogens with one attached hydrogen (secondary N) is 2. The highest BCUT2D eigenvalue weighted by molar-refractivity contribution is 5.81. The Hall–Kier alpha value is -2.67. The van der Waals surface area contributed by atoms with Crippen LogP contribution in [0.5, 0.6) is 5.75 Å². The largest absolute Gasteiger partial charge is 0.496 e. The number of ether oxygens (including phenoxy) is 1. The van der Waals surface area contributed by atoms with Gasteiger partial charge < -0.3 is 20.1 Å². The van der Waals surface area contributed by atoms with Gasteiger partial charge in [-0.25, -0.2) is 15.0 Å². The Morgan fingerprint density at radius 1 is 1.29 bits per heavy atom. The van der Waals surface area contributed by atoms with Crippen LogP contribution in [0.15, 0.2) is 36.9 Å². The van der Waals surface area contributed by atoms with Crippen LogP contribution in [-0.2, 0) is 0 Å². The van der Waals surface area contributed by atoms with Crippen LogP contribution in [0.1, 0.15) is 11.7 Å². The number of anilines is 1. The van der Waals surface area contributed by atoms with Crippen molar-refractivity contribution in [1.82, 2.24) is 19.9 Å². The second-order valence-electron chi connectivity index (χ2n) is 4.46. The number of H-pyrrole nitrogens is 1. The van der Waals surface area contributed by atoms with Gasteiger partial charge in [0.05, 0.1) is 19.5 Å². The summed E-state index contributed by atoms with van der Waals surface area (Å²) in [6.45, 7) is 0.297. The predicted molar refractivity (Wildman–Crippen MR) is 78.1 cm³/mol. The van der Waals surface area contributed by atoms with Crippen molar-refractivity contribution in [3.63, 3.8) is 0 Å². The van der Waals surface area contributed by atoms with Crippen molar-refractivity contribution in [3.05, 3.63) is 42.5 Å². The highest BCUT2D eigenvalue weighted by Gasteiger charge is 2.14. The van der Waals surface area contributed by atoms with E-state index in [0.29, 0.717) is 29.3 Å². The van der Waals surface area contributed by atoms with Gasteiger partial charge in [-0.05, 0) is 6.07 Å². The number of benzene rings is 1. The third-order valence-corrected chi connectivity index (χ3v) is 3.18. The lowest BCUT2D eigenvalue weighted by atomic mass is 10.1. The fourth-order valence-electron chi connectivity index (χ4n) is 2.14. The summed E-state index contributed by atoms with van der Waals surface area (Å²) in [6, 6.07) is 7.37. The van der Waals surface area contributed by atoms with Crippen LogP contribution < -0.4 is 10.1 Å². The number of fused-ring (bicyclic) bond motifs is 1. The highest BCUT2D eigenvalue weighted by Crippen LogP contribution is 2.25.